The summed E-state index contributed by atoms with van der Waals surface area (Å²) in [5, 5.41) is 10.3. The number of rotatable bonds is 2. The highest BCUT2D eigenvalue weighted by molar-refractivity contribution is 4.93. The lowest BCUT2D eigenvalue weighted by Gasteiger charge is -2.47. The van der Waals surface area contributed by atoms with Gasteiger partial charge in [0.05, 0.1) is 6.10 Å². The summed E-state index contributed by atoms with van der Waals surface area (Å²) in [6.07, 6.45) is 5.69. The fourth-order valence-electron chi connectivity index (χ4n) is 3.69. The van der Waals surface area contributed by atoms with Crippen molar-refractivity contribution in [3.63, 3.8) is 0 Å². The van der Waals surface area contributed by atoms with E-state index >= 15 is 0 Å². The van der Waals surface area contributed by atoms with Gasteiger partial charge in [0.2, 0.25) is 0 Å². The molecule has 2 aliphatic rings. The van der Waals surface area contributed by atoms with E-state index < -0.39 is 0 Å². The van der Waals surface area contributed by atoms with Gasteiger partial charge in [0.25, 0.3) is 0 Å². The van der Waals surface area contributed by atoms with E-state index in [4.69, 9.17) is 0 Å². The number of piperidine rings is 1. The lowest BCUT2D eigenvalue weighted by Crippen LogP contribution is -2.55. The second-order valence-electron chi connectivity index (χ2n) is 7.27. The monoisotopic (exact) mass is 254 g/mol. The Morgan fingerprint density at radius 3 is 2.67 bits per heavy atom. The van der Waals surface area contributed by atoms with Crippen LogP contribution in [0.1, 0.15) is 46.0 Å². The fourth-order valence-corrected chi connectivity index (χ4v) is 3.69. The molecule has 0 radical (unpaired) electrons. The Labute approximate surface area is 112 Å². The van der Waals surface area contributed by atoms with Crippen molar-refractivity contribution in [2.45, 2.75) is 64.1 Å². The molecule has 1 heterocycles. The minimum absolute atomic E-state index is 0.129. The molecule has 18 heavy (non-hydrogen) atoms. The Morgan fingerprint density at radius 1 is 1.28 bits per heavy atom. The van der Waals surface area contributed by atoms with Crippen molar-refractivity contribution in [3.8, 4) is 0 Å². The van der Waals surface area contributed by atoms with Gasteiger partial charge in [-0.25, -0.2) is 0 Å². The molecule has 1 saturated heterocycles. The minimum atomic E-state index is -0.129. The van der Waals surface area contributed by atoms with Crippen molar-refractivity contribution in [2.24, 2.45) is 5.41 Å². The largest absolute Gasteiger partial charge is 0.391 e. The van der Waals surface area contributed by atoms with Crippen molar-refractivity contribution in [1.29, 1.82) is 0 Å². The molecule has 106 valence electrons. The summed E-state index contributed by atoms with van der Waals surface area (Å²) in [4.78, 5) is 4.90. The Balaban J connectivity index is 1.99. The molecular formula is C15H30N2O. The third-order valence-corrected chi connectivity index (χ3v) is 5.02. The highest BCUT2D eigenvalue weighted by atomic mass is 16.3. The summed E-state index contributed by atoms with van der Waals surface area (Å²) in [6.45, 7) is 7.06. The first-order valence-corrected chi connectivity index (χ1v) is 7.47. The Morgan fingerprint density at radius 2 is 2.00 bits per heavy atom. The Kier molecular flexibility index (Phi) is 4.35. The first-order chi connectivity index (χ1) is 8.39. The van der Waals surface area contributed by atoms with Crippen LogP contribution >= 0.6 is 0 Å². The topological polar surface area (TPSA) is 26.7 Å². The molecule has 3 nitrogen and oxygen atoms in total. The maximum absolute atomic E-state index is 10.3. The summed E-state index contributed by atoms with van der Waals surface area (Å²) in [5.41, 5.74) is 0.388. The van der Waals surface area contributed by atoms with Crippen molar-refractivity contribution >= 4 is 0 Å². The van der Waals surface area contributed by atoms with Gasteiger partial charge in [-0.3, -0.25) is 4.90 Å². The van der Waals surface area contributed by atoms with E-state index in [1.807, 2.05) is 0 Å². The normalized spacial score (nSPS) is 38.0. The molecule has 1 N–H and O–H groups in total. The van der Waals surface area contributed by atoms with E-state index in [1.54, 1.807) is 0 Å². The van der Waals surface area contributed by atoms with Crippen LogP contribution in [-0.2, 0) is 0 Å². The predicted octanol–water partition coefficient (Wildman–Crippen LogP) is 1.95. The van der Waals surface area contributed by atoms with Gasteiger partial charge in [-0.05, 0) is 58.2 Å². The summed E-state index contributed by atoms with van der Waals surface area (Å²) in [6, 6.07) is 0.975. The summed E-state index contributed by atoms with van der Waals surface area (Å²) in [5.74, 6) is 0. The number of aliphatic hydroxyl groups is 1. The highest BCUT2D eigenvalue weighted by Gasteiger charge is 2.38. The van der Waals surface area contributed by atoms with Crippen LogP contribution < -0.4 is 0 Å². The molecule has 3 heteroatoms. The molecule has 1 aliphatic carbocycles. The zero-order valence-electron chi connectivity index (χ0n) is 12.5. The molecule has 0 amide bonds. The maximum Gasteiger partial charge on any atom is 0.0695 e. The molecule has 2 fully saturated rings. The van der Waals surface area contributed by atoms with Gasteiger partial charge in [-0.2, -0.15) is 0 Å². The molecule has 1 saturated carbocycles. The number of hydrogen-bond donors (Lipinski definition) is 1. The smallest absolute Gasteiger partial charge is 0.0695 e. The molecule has 1 aliphatic heterocycles. The van der Waals surface area contributed by atoms with E-state index in [0.717, 1.165) is 25.8 Å². The molecule has 3 unspecified atom stereocenters. The third-order valence-electron chi connectivity index (χ3n) is 5.02. The first-order valence-electron chi connectivity index (χ1n) is 7.47. The summed E-state index contributed by atoms with van der Waals surface area (Å²) >= 11 is 0. The van der Waals surface area contributed by atoms with Crippen LogP contribution in [0.4, 0.5) is 0 Å². The van der Waals surface area contributed by atoms with Crippen molar-refractivity contribution in [2.75, 3.05) is 27.2 Å². The Hall–Kier alpha value is -0.120. The van der Waals surface area contributed by atoms with Crippen molar-refractivity contribution in [1.82, 2.24) is 9.80 Å². The van der Waals surface area contributed by atoms with Gasteiger partial charge >= 0.3 is 0 Å². The van der Waals surface area contributed by atoms with Gasteiger partial charge in [0, 0.05) is 18.6 Å². The van der Waals surface area contributed by atoms with Crippen LogP contribution in [-0.4, -0.2) is 60.3 Å². The van der Waals surface area contributed by atoms with E-state index in [2.05, 4.69) is 37.7 Å². The lowest BCUT2D eigenvalue weighted by atomic mass is 9.73. The van der Waals surface area contributed by atoms with Crippen LogP contribution in [0.2, 0.25) is 0 Å². The van der Waals surface area contributed by atoms with Crippen LogP contribution in [0, 0.1) is 5.41 Å². The lowest BCUT2D eigenvalue weighted by molar-refractivity contribution is -0.0331. The van der Waals surface area contributed by atoms with Gasteiger partial charge in [-0.15, -0.1) is 0 Å². The molecule has 0 aromatic heterocycles. The third kappa shape index (κ3) is 3.25. The fraction of sp³-hybridized carbons (Fsp3) is 1.00. The molecular weight excluding hydrogens is 224 g/mol. The van der Waals surface area contributed by atoms with Crippen LogP contribution in [0.5, 0.6) is 0 Å². The van der Waals surface area contributed by atoms with Crippen LogP contribution in [0.25, 0.3) is 0 Å². The predicted molar refractivity (Wildman–Crippen MR) is 75.7 cm³/mol. The number of hydrogen-bond acceptors (Lipinski definition) is 3. The second-order valence-corrected chi connectivity index (χ2v) is 7.27. The van der Waals surface area contributed by atoms with Crippen LogP contribution in [0.3, 0.4) is 0 Å². The molecule has 0 bridgehead atoms. The molecule has 0 spiro atoms. The first kappa shape index (κ1) is 14.3. The number of likely N-dealkylation sites (N-methyl/N-ethyl adjacent to an activating group) is 2. The molecule has 2 rings (SSSR count). The van der Waals surface area contributed by atoms with Gasteiger partial charge in [-0.1, -0.05) is 13.8 Å². The van der Waals surface area contributed by atoms with E-state index in [0.29, 0.717) is 17.5 Å². The average Bonchev–Trinajstić information content (AvgIpc) is 2.31. The van der Waals surface area contributed by atoms with Gasteiger partial charge in [0.1, 0.15) is 0 Å². The minimum Gasteiger partial charge on any atom is -0.391 e. The van der Waals surface area contributed by atoms with Crippen LogP contribution in [0.15, 0.2) is 0 Å². The maximum atomic E-state index is 10.3. The van der Waals surface area contributed by atoms with Crippen molar-refractivity contribution in [3.05, 3.63) is 0 Å². The SMILES string of the molecule is CN1CCCC(N(C)C2CC(C)(C)CCC2O)C1. The number of aliphatic hydroxyl groups excluding tert-OH is 1. The van der Waals surface area contributed by atoms with E-state index in [1.165, 1.54) is 19.4 Å². The molecule has 0 aromatic carbocycles. The highest BCUT2D eigenvalue weighted by Crippen LogP contribution is 2.38. The average molecular weight is 254 g/mol. The molecule has 3 atom stereocenters. The quantitative estimate of drug-likeness (QED) is 0.816. The number of likely N-dealkylation sites (tertiary alicyclic amines) is 1. The second kappa shape index (κ2) is 5.48. The molecule has 0 aromatic rings. The van der Waals surface area contributed by atoms with Gasteiger partial charge in [0.15, 0.2) is 0 Å². The Bertz CT molecular complexity index is 280. The zero-order valence-corrected chi connectivity index (χ0v) is 12.5. The summed E-state index contributed by atoms with van der Waals surface area (Å²) in [7, 11) is 4.43. The number of nitrogens with zero attached hydrogens (tertiary/aromatic N) is 2. The van der Waals surface area contributed by atoms with Crippen molar-refractivity contribution < 1.29 is 5.11 Å². The van der Waals surface area contributed by atoms with E-state index in [-0.39, 0.29) is 6.10 Å². The van der Waals surface area contributed by atoms with Gasteiger partial charge < -0.3 is 10.0 Å². The van der Waals surface area contributed by atoms with E-state index in [9.17, 15) is 5.11 Å². The standard InChI is InChI=1S/C15H30N2O/c1-15(2)8-7-14(18)13(10-15)17(4)12-6-5-9-16(3)11-12/h12-14,18H,5-11H2,1-4H3. The zero-order chi connectivity index (χ0) is 13.3. The summed E-state index contributed by atoms with van der Waals surface area (Å²) < 4.78 is 0.